The molecular formula is C10H12N4O3. The SMILES string of the molecule is C#CCCOc1nc(NC)nc(C)c1[N+](=O)[O-]. The molecule has 0 spiro atoms. The molecule has 7 heteroatoms. The normalized spacial score (nSPS) is 9.47. The van der Waals surface area contributed by atoms with Crippen LogP contribution in [0.1, 0.15) is 12.1 Å². The molecule has 0 fully saturated rings. The average molecular weight is 236 g/mol. The van der Waals surface area contributed by atoms with E-state index in [1.807, 2.05) is 0 Å². The number of aromatic nitrogens is 2. The summed E-state index contributed by atoms with van der Waals surface area (Å²) in [6, 6.07) is 0. The van der Waals surface area contributed by atoms with E-state index in [4.69, 9.17) is 11.2 Å². The van der Waals surface area contributed by atoms with E-state index in [0.717, 1.165) is 0 Å². The van der Waals surface area contributed by atoms with Gasteiger partial charge in [-0.15, -0.1) is 12.3 Å². The number of rotatable bonds is 5. The Kier molecular flexibility index (Phi) is 4.22. The van der Waals surface area contributed by atoms with E-state index in [2.05, 4.69) is 21.2 Å². The van der Waals surface area contributed by atoms with Crippen molar-refractivity contribution in [2.75, 3.05) is 19.0 Å². The summed E-state index contributed by atoms with van der Waals surface area (Å²) in [6.07, 6.45) is 5.42. The zero-order chi connectivity index (χ0) is 12.8. The summed E-state index contributed by atoms with van der Waals surface area (Å²) in [5.41, 5.74) is 0.00563. The van der Waals surface area contributed by atoms with Gasteiger partial charge in [-0.3, -0.25) is 10.1 Å². The van der Waals surface area contributed by atoms with Crippen molar-refractivity contribution in [2.45, 2.75) is 13.3 Å². The highest BCUT2D eigenvalue weighted by molar-refractivity contribution is 5.48. The summed E-state index contributed by atoms with van der Waals surface area (Å²) in [5.74, 6) is 2.58. The largest absolute Gasteiger partial charge is 0.472 e. The molecule has 0 bridgehead atoms. The number of aryl methyl sites for hydroxylation is 1. The molecular weight excluding hydrogens is 224 g/mol. The lowest BCUT2D eigenvalue weighted by Crippen LogP contribution is -2.07. The van der Waals surface area contributed by atoms with Crippen molar-refractivity contribution in [3.63, 3.8) is 0 Å². The second-order valence-corrected chi connectivity index (χ2v) is 3.10. The van der Waals surface area contributed by atoms with Crippen molar-refractivity contribution < 1.29 is 9.66 Å². The van der Waals surface area contributed by atoms with Crippen LogP contribution in [-0.2, 0) is 0 Å². The van der Waals surface area contributed by atoms with E-state index < -0.39 is 4.92 Å². The minimum atomic E-state index is -0.569. The summed E-state index contributed by atoms with van der Waals surface area (Å²) >= 11 is 0. The number of nitrogens with one attached hydrogen (secondary N) is 1. The maximum atomic E-state index is 10.9. The van der Waals surface area contributed by atoms with Crippen molar-refractivity contribution in [1.82, 2.24) is 9.97 Å². The molecule has 1 aromatic rings. The van der Waals surface area contributed by atoms with Crippen LogP contribution in [0, 0.1) is 29.4 Å². The topological polar surface area (TPSA) is 90.2 Å². The van der Waals surface area contributed by atoms with Gasteiger partial charge in [0.1, 0.15) is 12.3 Å². The zero-order valence-corrected chi connectivity index (χ0v) is 9.56. The summed E-state index contributed by atoms with van der Waals surface area (Å²) in [7, 11) is 1.62. The van der Waals surface area contributed by atoms with E-state index in [1.54, 1.807) is 7.05 Å². The summed E-state index contributed by atoms with van der Waals surface area (Å²) in [6.45, 7) is 1.70. The number of hydrogen-bond donors (Lipinski definition) is 1. The van der Waals surface area contributed by atoms with Crippen LogP contribution in [0.5, 0.6) is 5.88 Å². The Morgan fingerprint density at radius 2 is 2.29 bits per heavy atom. The lowest BCUT2D eigenvalue weighted by Gasteiger charge is -2.07. The standard InChI is InChI=1S/C10H12N4O3/c1-4-5-6-17-9-8(14(15)16)7(2)12-10(11-3)13-9/h1H,5-6H2,2-3H3,(H,11,12,13). The summed E-state index contributed by atoms with van der Waals surface area (Å²) in [4.78, 5) is 18.1. The van der Waals surface area contributed by atoms with Gasteiger partial charge in [-0.05, 0) is 6.92 Å². The molecule has 0 aliphatic carbocycles. The number of hydrogen-bond acceptors (Lipinski definition) is 6. The smallest absolute Gasteiger partial charge is 0.352 e. The van der Waals surface area contributed by atoms with Crippen LogP contribution in [-0.4, -0.2) is 28.5 Å². The van der Waals surface area contributed by atoms with Gasteiger partial charge >= 0.3 is 5.69 Å². The third-order valence-electron chi connectivity index (χ3n) is 1.92. The van der Waals surface area contributed by atoms with Gasteiger partial charge in [0, 0.05) is 13.5 Å². The van der Waals surface area contributed by atoms with E-state index in [9.17, 15) is 10.1 Å². The van der Waals surface area contributed by atoms with E-state index in [1.165, 1.54) is 6.92 Å². The third-order valence-corrected chi connectivity index (χ3v) is 1.92. The van der Waals surface area contributed by atoms with E-state index in [0.29, 0.717) is 6.42 Å². The third kappa shape index (κ3) is 3.04. The molecule has 0 aliphatic heterocycles. The lowest BCUT2D eigenvalue weighted by atomic mass is 10.3. The van der Waals surface area contributed by atoms with Crippen molar-refractivity contribution in [2.24, 2.45) is 0 Å². The molecule has 0 saturated heterocycles. The maximum absolute atomic E-state index is 10.9. The van der Waals surface area contributed by atoms with Gasteiger partial charge in [0.2, 0.25) is 5.95 Å². The molecule has 0 amide bonds. The van der Waals surface area contributed by atoms with Crippen LogP contribution >= 0.6 is 0 Å². The predicted molar refractivity (Wildman–Crippen MR) is 61.9 cm³/mol. The molecule has 1 aromatic heterocycles. The van der Waals surface area contributed by atoms with Crippen molar-refractivity contribution in [3.8, 4) is 18.2 Å². The quantitative estimate of drug-likeness (QED) is 0.357. The first kappa shape index (κ1) is 12.7. The van der Waals surface area contributed by atoms with Crippen molar-refractivity contribution in [3.05, 3.63) is 15.8 Å². The Morgan fingerprint density at radius 1 is 1.59 bits per heavy atom. The fourth-order valence-electron chi connectivity index (χ4n) is 1.17. The second kappa shape index (κ2) is 5.65. The average Bonchev–Trinajstić information content (AvgIpc) is 2.28. The molecule has 1 N–H and O–H groups in total. The Bertz CT molecular complexity index is 467. The Morgan fingerprint density at radius 3 is 2.82 bits per heavy atom. The Balaban J connectivity index is 3.09. The van der Waals surface area contributed by atoms with Gasteiger partial charge in [0.25, 0.3) is 5.88 Å². The Labute approximate surface area is 98.4 Å². The highest BCUT2D eigenvalue weighted by Gasteiger charge is 2.23. The lowest BCUT2D eigenvalue weighted by molar-refractivity contribution is -0.387. The molecule has 90 valence electrons. The first-order valence-electron chi connectivity index (χ1n) is 4.87. The zero-order valence-electron chi connectivity index (χ0n) is 9.56. The van der Waals surface area contributed by atoms with E-state index in [-0.39, 0.29) is 29.8 Å². The summed E-state index contributed by atoms with van der Waals surface area (Å²) < 4.78 is 5.19. The van der Waals surface area contributed by atoms with Crippen molar-refractivity contribution >= 4 is 11.6 Å². The second-order valence-electron chi connectivity index (χ2n) is 3.10. The van der Waals surface area contributed by atoms with Gasteiger partial charge in [0.05, 0.1) is 4.92 Å². The first-order valence-corrected chi connectivity index (χ1v) is 4.87. The molecule has 0 unspecified atom stereocenters. The molecule has 1 rings (SSSR count). The minimum absolute atomic E-state index is 0.0675. The molecule has 0 atom stereocenters. The van der Waals surface area contributed by atoms with Gasteiger partial charge in [-0.25, -0.2) is 4.98 Å². The maximum Gasteiger partial charge on any atom is 0.352 e. The van der Waals surface area contributed by atoms with Gasteiger partial charge in [-0.1, -0.05) is 0 Å². The number of nitro groups is 1. The fourth-order valence-corrected chi connectivity index (χ4v) is 1.17. The van der Waals surface area contributed by atoms with Crippen LogP contribution in [0.2, 0.25) is 0 Å². The molecule has 0 saturated carbocycles. The number of terminal acetylenes is 1. The highest BCUT2D eigenvalue weighted by Crippen LogP contribution is 2.28. The van der Waals surface area contributed by atoms with Crippen LogP contribution in [0.15, 0.2) is 0 Å². The minimum Gasteiger partial charge on any atom is -0.472 e. The number of anilines is 1. The van der Waals surface area contributed by atoms with Gasteiger partial charge < -0.3 is 10.1 Å². The van der Waals surface area contributed by atoms with Gasteiger partial charge in [0.15, 0.2) is 0 Å². The van der Waals surface area contributed by atoms with Crippen LogP contribution in [0.25, 0.3) is 0 Å². The molecule has 0 aromatic carbocycles. The Hall–Kier alpha value is -2.36. The fraction of sp³-hybridized carbons (Fsp3) is 0.400. The van der Waals surface area contributed by atoms with Gasteiger partial charge in [-0.2, -0.15) is 4.98 Å². The molecule has 17 heavy (non-hydrogen) atoms. The van der Waals surface area contributed by atoms with Crippen LogP contribution in [0.4, 0.5) is 11.6 Å². The van der Waals surface area contributed by atoms with E-state index >= 15 is 0 Å². The highest BCUT2D eigenvalue weighted by atomic mass is 16.6. The molecule has 0 radical (unpaired) electrons. The predicted octanol–water partition coefficient (Wildman–Crippen LogP) is 1.14. The van der Waals surface area contributed by atoms with Crippen molar-refractivity contribution in [1.29, 1.82) is 0 Å². The van der Waals surface area contributed by atoms with Crippen LogP contribution in [0.3, 0.4) is 0 Å². The number of ether oxygens (including phenoxy) is 1. The first-order chi connectivity index (χ1) is 8.10. The molecule has 7 nitrogen and oxygen atoms in total. The molecule has 0 aliphatic rings. The monoisotopic (exact) mass is 236 g/mol. The summed E-state index contributed by atoms with van der Waals surface area (Å²) in [5, 5.41) is 13.6. The number of nitrogens with zero attached hydrogens (tertiary/aromatic N) is 3. The molecule has 1 heterocycles. The van der Waals surface area contributed by atoms with Crippen LogP contribution < -0.4 is 10.1 Å².